The van der Waals surface area contributed by atoms with Gasteiger partial charge in [0.25, 0.3) is 0 Å². The number of nitrogens with zero attached hydrogens (tertiary/aromatic N) is 2. The number of fused-ring (bicyclic) bond motifs is 6. The van der Waals surface area contributed by atoms with Crippen LogP contribution in [-0.2, 0) is 0 Å². The van der Waals surface area contributed by atoms with E-state index in [0.717, 1.165) is 55.0 Å². The van der Waals surface area contributed by atoms with Crippen molar-refractivity contribution in [2.75, 3.05) is 0 Å². The number of hydrogen-bond acceptors (Lipinski definition) is 0. The van der Waals surface area contributed by atoms with E-state index in [0.29, 0.717) is 0 Å². The zero-order chi connectivity index (χ0) is 22.8. The second-order valence-electron chi connectivity index (χ2n) is 8.54. The van der Waals surface area contributed by atoms with Crippen LogP contribution < -0.4 is 0 Å². The lowest BCUT2D eigenvalue weighted by Crippen LogP contribution is -1.97. The maximum Gasteiger partial charge on any atom is 0.123 e. The highest BCUT2D eigenvalue weighted by Crippen LogP contribution is 2.35. The van der Waals surface area contributed by atoms with Crippen LogP contribution in [0.2, 0.25) is 0 Å². The van der Waals surface area contributed by atoms with Crippen molar-refractivity contribution in [2.24, 2.45) is 0 Å². The molecule has 0 atom stereocenters. The summed E-state index contributed by atoms with van der Waals surface area (Å²) in [5.74, 6) is -0.484. The van der Waals surface area contributed by atoms with Gasteiger partial charge < -0.3 is 9.13 Å². The molecule has 7 aromatic rings. The van der Waals surface area contributed by atoms with Crippen molar-refractivity contribution in [2.45, 2.75) is 0 Å². The van der Waals surface area contributed by atoms with Crippen molar-refractivity contribution in [1.29, 1.82) is 0 Å². The molecule has 0 amide bonds. The molecule has 2 nitrogen and oxygen atoms in total. The van der Waals surface area contributed by atoms with Crippen LogP contribution in [0.1, 0.15) is 0 Å². The smallest absolute Gasteiger partial charge is 0.123 e. The number of benzene rings is 5. The second kappa shape index (κ2) is 7.03. The van der Waals surface area contributed by atoms with E-state index in [1.54, 1.807) is 12.1 Å². The number of aromatic nitrogens is 2. The van der Waals surface area contributed by atoms with Gasteiger partial charge in [-0.3, -0.25) is 0 Å². The molecule has 0 spiro atoms. The lowest BCUT2D eigenvalue weighted by Gasteiger charge is -2.11. The minimum atomic E-state index is -0.242. The van der Waals surface area contributed by atoms with Crippen molar-refractivity contribution in [3.63, 3.8) is 0 Å². The first-order valence-corrected chi connectivity index (χ1v) is 11.2. The summed E-state index contributed by atoms with van der Waals surface area (Å²) in [5, 5.41) is 3.82. The van der Waals surface area contributed by atoms with Crippen molar-refractivity contribution in [1.82, 2.24) is 9.13 Å². The Kier molecular flexibility index (Phi) is 3.94. The molecule has 0 aliphatic rings. The quantitative estimate of drug-likeness (QED) is 0.255. The van der Waals surface area contributed by atoms with E-state index in [9.17, 15) is 8.78 Å². The first-order valence-electron chi connectivity index (χ1n) is 11.2. The Bertz CT molecular complexity index is 1740. The molecule has 0 bridgehead atoms. The van der Waals surface area contributed by atoms with Gasteiger partial charge in [-0.15, -0.1) is 0 Å². The normalized spacial score (nSPS) is 11.8. The summed E-state index contributed by atoms with van der Waals surface area (Å²) in [6.45, 7) is 0. The molecule has 2 aromatic heterocycles. The lowest BCUT2D eigenvalue weighted by molar-refractivity contribution is 0.629. The zero-order valence-corrected chi connectivity index (χ0v) is 18.0. The van der Waals surface area contributed by atoms with Crippen LogP contribution in [-0.4, -0.2) is 9.13 Å². The Hall–Kier alpha value is -4.44. The van der Waals surface area contributed by atoms with Crippen LogP contribution in [0.3, 0.4) is 0 Å². The first-order chi connectivity index (χ1) is 16.7. The largest absolute Gasteiger partial charge is 0.309 e. The van der Waals surface area contributed by atoms with Gasteiger partial charge in [-0.2, -0.15) is 0 Å². The van der Waals surface area contributed by atoms with Gasteiger partial charge in [-0.25, -0.2) is 8.78 Å². The van der Waals surface area contributed by atoms with Crippen molar-refractivity contribution in [3.8, 4) is 11.4 Å². The van der Waals surface area contributed by atoms with Crippen molar-refractivity contribution in [3.05, 3.63) is 121 Å². The van der Waals surface area contributed by atoms with Gasteiger partial charge in [0.1, 0.15) is 11.6 Å². The number of rotatable bonds is 2. The fraction of sp³-hybridized carbons (Fsp3) is 0. The van der Waals surface area contributed by atoms with Crippen LogP contribution in [0.4, 0.5) is 8.78 Å². The summed E-state index contributed by atoms with van der Waals surface area (Å²) in [6, 6.07) is 34.3. The Morgan fingerprint density at radius 3 is 1.21 bits per heavy atom. The molecule has 34 heavy (non-hydrogen) atoms. The monoisotopic (exact) mass is 444 g/mol. The van der Waals surface area contributed by atoms with Crippen LogP contribution in [0.5, 0.6) is 0 Å². The third-order valence-electron chi connectivity index (χ3n) is 6.64. The van der Waals surface area contributed by atoms with Crippen LogP contribution in [0.25, 0.3) is 55.0 Å². The van der Waals surface area contributed by atoms with Crippen LogP contribution in [0, 0.1) is 11.6 Å². The molecule has 0 aliphatic carbocycles. The van der Waals surface area contributed by atoms with Crippen LogP contribution in [0.15, 0.2) is 109 Å². The molecule has 0 N–H and O–H groups in total. The predicted molar refractivity (Wildman–Crippen MR) is 135 cm³/mol. The Balaban J connectivity index is 1.46. The molecule has 2 heterocycles. The van der Waals surface area contributed by atoms with Gasteiger partial charge in [-0.05, 0) is 72.8 Å². The molecule has 162 valence electrons. The summed E-state index contributed by atoms with van der Waals surface area (Å²) < 4.78 is 32.4. The van der Waals surface area contributed by atoms with Gasteiger partial charge in [0.2, 0.25) is 0 Å². The maximum absolute atomic E-state index is 14.0. The number of hydrogen-bond donors (Lipinski definition) is 0. The molecule has 0 fully saturated rings. The van der Waals surface area contributed by atoms with E-state index in [1.165, 1.54) is 12.1 Å². The molecular formula is C30H18F2N2. The van der Waals surface area contributed by atoms with E-state index in [1.807, 2.05) is 48.5 Å². The molecule has 5 aromatic carbocycles. The fourth-order valence-corrected chi connectivity index (χ4v) is 5.20. The van der Waals surface area contributed by atoms with E-state index < -0.39 is 0 Å². The third kappa shape index (κ3) is 2.66. The Morgan fingerprint density at radius 1 is 0.382 bits per heavy atom. The highest BCUT2D eigenvalue weighted by molar-refractivity contribution is 6.10. The topological polar surface area (TPSA) is 9.86 Å². The Morgan fingerprint density at radius 2 is 0.765 bits per heavy atom. The minimum Gasteiger partial charge on any atom is -0.309 e. The summed E-state index contributed by atoms with van der Waals surface area (Å²) >= 11 is 0. The molecule has 0 unspecified atom stereocenters. The first kappa shape index (κ1) is 19.1. The molecular weight excluding hydrogens is 426 g/mol. The zero-order valence-electron chi connectivity index (χ0n) is 18.0. The van der Waals surface area contributed by atoms with Gasteiger partial charge in [-0.1, -0.05) is 36.4 Å². The average Bonchev–Trinajstić information content (AvgIpc) is 3.37. The van der Waals surface area contributed by atoms with Gasteiger partial charge in [0.15, 0.2) is 0 Å². The minimum absolute atomic E-state index is 0.242. The summed E-state index contributed by atoms with van der Waals surface area (Å²) in [5.41, 5.74) is 5.97. The second-order valence-corrected chi connectivity index (χ2v) is 8.54. The highest BCUT2D eigenvalue weighted by atomic mass is 19.1. The third-order valence-corrected chi connectivity index (χ3v) is 6.64. The fourth-order valence-electron chi connectivity index (χ4n) is 5.20. The summed E-state index contributed by atoms with van der Waals surface area (Å²) in [4.78, 5) is 0. The van der Waals surface area contributed by atoms with Crippen molar-refractivity contribution >= 4 is 43.6 Å². The lowest BCUT2D eigenvalue weighted by atomic mass is 10.1. The van der Waals surface area contributed by atoms with Gasteiger partial charge >= 0.3 is 0 Å². The molecule has 7 rings (SSSR count). The Labute approximate surface area is 193 Å². The van der Waals surface area contributed by atoms with E-state index in [-0.39, 0.29) is 11.6 Å². The van der Waals surface area contributed by atoms with Gasteiger partial charge in [0.05, 0.1) is 22.1 Å². The van der Waals surface area contributed by atoms with Crippen molar-refractivity contribution < 1.29 is 8.78 Å². The predicted octanol–water partition coefficient (Wildman–Crippen LogP) is 8.16. The van der Waals surface area contributed by atoms with E-state index in [2.05, 4.69) is 45.5 Å². The van der Waals surface area contributed by atoms with E-state index >= 15 is 0 Å². The highest BCUT2D eigenvalue weighted by Gasteiger charge is 2.15. The number of halogens is 2. The maximum atomic E-state index is 14.0. The molecule has 0 saturated heterocycles. The van der Waals surface area contributed by atoms with Gasteiger partial charge in [0, 0.05) is 32.9 Å². The standard InChI is InChI=1S/C30H18F2N2/c31-19-9-15-29-25(17-19)23-5-1-3-7-27(23)33(29)21-11-13-22(14-12-21)34-28-8-4-2-6-24(28)26-18-20(32)10-16-30(26)34/h1-18H. The van der Waals surface area contributed by atoms with E-state index in [4.69, 9.17) is 0 Å². The molecule has 0 aliphatic heterocycles. The SMILES string of the molecule is Fc1ccc2c(c1)c1ccccc1n2-c1ccc(-n2c3ccccc3c3cc(F)ccc32)cc1. The molecule has 0 radical (unpaired) electrons. The number of para-hydroxylation sites is 2. The van der Waals surface area contributed by atoms with Crippen LogP contribution >= 0.6 is 0 Å². The average molecular weight is 444 g/mol. The molecule has 0 saturated carbocycles. The summed E-state index contributed by atoms with van der Waals surface area (Å²) in [6.07, 6.45) is 0. The molecule has 4 heteroatoms. The summed E-state index contributed by atoms with van der Waals surface area (Å²) in [7, 11) is 0.